The quantitative estimate of drug-likeness (QED) is 0.536. The van der Waals surface area contributed by atoms with Gasteiger partial charge in [0.2, 0.25) is 5.91 Å². The van der Waals surface area contributed by atoms with E-state index in [0.717, 1.165) is 22.4 Å². The Labute approximate surface area is 155 Å². The highest BCUT2D eigenvalue weighted by Gasteiger charge is 2.20. The van der Waals surface area contributed by atoms with Gasteiger partial charge in [0, 0.05) is 12.4 Å². The summed E-state index contributed by atoms with van der Waals surface area (Å²) < 4.78 is 2.08. The molecular weight excluding hydrogens is 344 g/mol. The fraction of sp³-hybridized carbons (Fsp3) is 0.200. The fourth-order valence-corrected chi connectivity index (χ4v) is 3.84. The molecule has 2 atom stereocenters. The molecule has 0 saturated heterocycles. The first kappa shape index (κ1) is 16.6. The smallest absolute Gasteiger partial charge is 0.223 e. The maximum Gasteiger partial charge on any atom is 0.223 e. The standard InChI is InChI=1S/C20H20N4OS/c1-14(20-22-16-6-2-3-7-17(16)23-20)21-19(25)12-18(15-8-11-26-13-15)24-9-4-5-10-24/h2-11,13-14,18H,12H2,1H3,(H,21,25)(H,22,23). The van der Waals surface area contributed by atoms with Gasteiger partial charge >= 0.3 is 0 Å². The number of hydrogen-bond donors (Lipinski definition) is 2. The number of H-pyrrole nitrogens is 1. The SMILES string of the molecule is CC(NC(=O)CC(c1ccsc1)n1cccc1)c1nc2ccccc2[nH]1. The number of fused-ring (bicyclic) bond motifs is 1. The maximum absolute atomic E-state index is 12.7. The molecular formula is C20H20N4OS. The van der Waals surface area contributed by atoms with Crippen LogP contribution in [-0.4, -0.2) is 20.4 Å². The Kier molecular flexibility index (Phi) is 4.58. The van der Waals surface area contributed by atoms with E-state index in [-0.39, 0.29) is 18.0 Å². The summed E-state index contributed by atoms with van der Waals surface area (Å²) in [5.41, 5.74) is 3.04. The van der Waals surface area contributed by atoms with E-state index in [4.69, 9.17) is 0 Å². The van der Waals surface area contributed by atoms with E-state index in [1.54, 1.807) is 11.3 Å². The summed E-state index contributed by atoms with van der Waals surface area (Å²) in [5, 5.41) is 7.21. The lowest BCUT2D eigenvalue weighted by molar-refractivity contribution is -0.122. The molecule has 1 aromatic carbocycles. The van der Waals surface area contributed by atoms with E-state index >= 15 is 0 Å². The normalized spacial score (nSPS) is 13.6. The van der Waals surface area contributed by atoms with Crippen molar-refractivity contribution in [3.8, 4) is 0 Å². The first-order valence-electron chi connectivity index (χ1n) is 8.59. The third-order valence-corrected chi connectivity index (χ3v) is 5.19. The average molecular weight is 364 g/mol. The first-order chi connectivity index (χ1) is 12.7. The van der Waals surface area contributed by atoms with Crippen molar-refractivity contribution >= 4 is 28.3 Å². The summed E-state index contributed by atoms with van der Waals surface area (Å²) in [4.78, 5) is 20.5. The van der Waals surface area contributed by atoms with Crippen LogP contribution in [0.1, 0.15) is 36.8 Å². The molecule has 132 valence electrons. The summed E-state index contributed by atoms with van der Waals surface area (Å²) in [7, 11) is 0. The van der Waals surface area contributed by atoms with E-state index in [0.29, 0.717) is 6.42 Å². The Morgan fingerprint density at radius 2 is 2.04 bits per heavy atom. The van der Waals surface area contributed by atoms with Gasteiger partial charge in [0.15, 0.2) is 0 Å². The number of aromatic amines is 1. The van der Waals surface area contributed by atoms with Gasteiger partial charge in [-0.05, 0) is 53.6 Å². The molecule has 0 aliphatic heterocycles. The Morgan fingerprint density at radius 1 is 1.23 bits per heavy atom. The number of aromatic nitrogens is 3. The number of thiophene rings is 1. The monoisotopic (exact) mass is 364 g/mol. The summed E-state index contributed by atoms with van der Waals surface area (Å²) >= 11 is 1.65. The van der Waals surface area contributed by atoms with Crippen LogP contribution in [0, 0.1) is 0 Å². The molecule has 26 heavy (non-hydrogen) atoms. The van der Waals surface area contributed by atoms with Gasteiger partial charge in [-0.25, -0.2) is 4.98 Å². The van der Waals surface area contributed by atoms with Crippen molar-refractivity contribution in [3.05, 3.63) is 77.0 Å². The fourth-order valence-electron chi connectivity index (χ4n) is 3.14. The Bertz CT molecular complexity index is 921. The number of nitrogens with zero attached hydrogens (tertiary/aromatic N) is 2. The van der Waals surface area contributed by atoms with Crippen molar-refractivity contribution in [2.45, 2.75) is 25.4 Å². The number of carbonyl (C=O) groups excluding carboxylic acids is 1. The van der Waals surface area contributed by atoms with Crippen molar-refractivity contribution < 1.29 is 4.79 Å². The van der Waals surface area contributed by atoms with Gasteiger partial charge in [-0.2, -0.15) is 11.3 Å². The number of carbonyl (C=O) groups is 1. The lowest BCUT2D eigenvalue weighted by Crippen LogP contribution is -2.29. The van der Waals surface area contributed by atoms with Crippen LogP contribution >= 0.6 is 11.3 Å². The van der Waals surface area contributed by atoms with E-state index in [1.165, 1.54) is 0 Å². The van der Waals surface area contributed by atoms with Crippen LogP contribution in [0.25, 0.3) is 11.0 Å². The molecule has 5 nitrogen and oxygen atoms in total. The minimum Gasteiger partial charge on any atom is -0.346 e. The third-order valence-electron chi connectivity index (χ3n) is 4.49. The van der Waals surface area contributed by atoms with Gasteiger partial charge in [0.1, 0.15) is 5.82 Å². The van der Waals surface area contributed by atoms with Crippen molar-refractivity contribution in [2.24, 2.45) is 0 Å². The number of nitrogens with one attached hydrogen (secondary N) is 2. The number of amides is 1. The number of rotatable bonds is 6. The Morgan fingerprint density at radius 3 is 2.77 bits per heavy atom. The number of hydrogen-bond acceptors (Lipinski definition) is 3. The van der Waals surface area contributed by atoms with E-state index < -0.39 is 0 Å². The first-order valence-corrected chi connectivity index (χ1v) is 9.53. The molecule has 4 rings (SSSR count). The topological polar surface area (TPSA) is 62.7 Å². The van der Waals surface area contributed by atoms with Crippen LogP contribution in [0.2, 0.25) is 0 Å². The number of benzene rings is 1. The highest BCUT2D eigenvalue weighted by Crippen LogP contribution is 2.25. The average Bonchev–Trinajstić information content (AvgIpc) is 3.41. The molecule has 0 aliphatic rings. The van der Waals surface area contributed by atoms with Crippen LogP contribution in [0.4, 0.5) is 0 Å². The van der Waals surface area contributed by atoms with Crippen molar-refractivity contribution in [2.75, 3.05) is 0 Å². The molecule has 0 fully saturated rings. The van der Waals surface area contributed by atoms with Gasteiger partial charge in [0.25, 0.3) is 0 Å². The summed E-state index contributed by atoms with van der Waals surface area (Å²) in [6, 6.07) is 13.7. The predicted octanol–water partition coefficient (Wildman–Crippen LogP) is 4.28. The molecule has 2 N–H and O–H groups in total. The van der Waals surface area contributed by atoms with E-state index in [9.17, 15) is 4.79 Å². The van der Waals surface area contributed by atoms with Crippen molar-refractivity contribution in [1.29, 1.82) is 0 Å². The van der Waals surface area contributed by atoms with Gasteiger partial charge in [-0.15, -0.1) is 0 Å². The van der Waals surface area contributed by atoms with Gasteiger partial charge in [0.05, 0.1) is 29.5 Å². The Balaban J connectivity index is 1.48. The summed E-state index contributed by atoms with van der Waals surface area (Å²) in [6.45, 7) is 1.95. The largest absolute Gasteiger partial charge is 0.346 e. The van der Waals surface area contributed by atoms with Crippen LogP contribution in [0.15, 0.2) is 65.6 Å². The molecule has 0 bridgehead atoms. The van der Waals surface area contributed by atoms with E-state index in [2.05, 4.69) is 31.3 Å². The van der Waals surface area contributed by atoms with Crippen molar-refractivity contribution in [1.82, 2.24) is 19.9 Å². The van der Waals surface area contributed by atoms with Gasteiger partial charge in [-0.3, -0.25) is 4.79 Å². The van der Waals surface area contributed by atoms with Crippen LogP contribution in [0.5, 0.6) is 0 Å². The van der Waals surface area contributed by atoms with Gasteiger partial charge < -0.3 is 14.9 Å². The third kappa shape index (κ3) is 3.41. The van der Waals surface area contributed by atoms with Crippen LogP contribution < -0.4 is 5.32 Å². The summed E-state index contributed by atoms with van der Waals surface area (Å²) in [6.07, 6.45) is 4.38. The highest BCUT2D eigenvalue weighted by atomic mass is 32.1. The van der Waals surface area contributed by atoms with Crippen LogP contribution in [0.3, 0.4) is 0 Å². The lowest BCUT2D eigenvalue weighted by Gasteiger charge is -2.19. The molecule has 0 spiro atoms. The van der Waals surface area contributed by atoms with Gasteiger partial charge in [-0.1, -0.05) is 12.1 Å². The molecule has 2 unspecified atom stereocenters. The minimum atomic E-state index is -0.178. The molecule has 0 saturated carbocycles. The zero-order valence-electron chi connectivity index (χ0n) is 14.4. The zero-order chi connectivity index (χ0) is 17.9. The summed E-state index contributed by atoms with van der Waals surface area (Å²) in [5.74, 6) is 0.774. The van der Waals surface area contributed by atoms with Crippen molar-refractivity contribution in [3.63, 3.8) is 0 Å². The Hall–Kier alpha value is -2.86. The molecule has 1 amide bonds. The molecule has 4 aromatic rings. The highest BCUT2D eigenvalue weighted by molar-refractivity contribution is 7.08. The van der Waals surface area contributed by atoms with E-state index in [1.807, 2.05) is 61.1 Å². The predicted molar refractivity (Wildman–Crippen MR) is 104 cm³/mol. The second-order valence-corrected chi connectivity index (χ2v) is 7.12. The molecule has 0 radical (unpaired) electrons. The minimum absolute atomic E-state index is 0.000812. The maximum atomic E-state index is 12.7. The molecule has 0 aliphatic carbocycles. The number of para-hydroxylation sites is 2. The molecule has 3 heterocycles. The molecule has 6 heteroatoms. The second kappa shape index (κ2) is 7.17. The number of imidazole rings is 1. The zero-order valence-corrected chi connectivity index (χ0v) is 15.2. The molecule has 3 aromatic heterocycles. The lowest BCUT2D eigenvalue weighted by atomic mass is 10.1. The van der Waals surface area contributed by atoms with Crippen LogP contribution in [-0.2, 0) is 4.79 Å². The second-order valence-electron chi connectivity index (χ2n) is 6.34.